The largest absolute Gasteiger partial charge is 0.399 e. The average molecular weight is 281 g/mol. The van der Waals surface area contributed by atoms with Gasteiger partial charge in [0.05, 0.1) is 5.69 Å². The molecule has 2 aromatic rings. The fraction of sp³-hybridized carbons (Fsp3) is 0.429. The van der Waals surface area contributed by atoms with Gasteiger partial charge in [-0.3, -0.25) is 4.98 Å². The number of imidazole rings is 1. The number of alkyl halides is 3. The van der Waals surface area contributed by atoms with Crippen molar-refractivity contribution in [2.75, 3.05) is 0 Å². The summed E-state index contributed by atoms with van der Waals surface area (Å²) >= 11 is 0. The Hall–Kier alpha value is -1.85. The fourth-order valence-corrected chi connectivity index (χ4v) is 2.55. The summed E-state index contributed by atoms with van der Waals surface area (Å²) in [6.07, 6.45) is -0.462. The molecule has 0 aliphatic heterocycles. The van der Waals surface area contributed by atoms with Crippen molar-refractivity contribution in [3.8, 4) is 11.4 Å². The van der Waals surface area contributed by atoms with Crippen molar-refractivity contribution in [1.82, 2.24) is 15.0 Å². The lowest BCUT2D eigenvalue weighted by Crippen LogP contribution is -2.48. The molecule has 2 aromatic heterocycles. The van der Waals surface area contributed by atoms with Crippen LogP contribution in [0, 0.1) is 6.92 Å². The van der Waals surface area contributed by atoms with Crippen molar-refractivity contribution in [1.29, 1.82) is 0 Å². The van der Waals surface area contributed by atoms with E-state index in [9.17, 15) is 13.2 Å². The smallest absolute Gasteiger partial charge is 0.341 e. The van der Waals surface area contributed by atoms with E-state index < -0.39 is 11.6 Å². The molecule has 1 fully saturated rings. The summed E-state index contributed by atoms with van der Waals surface area (Å²) in [4.78, 5) is 11.0. The van der Waals surface area contributed by atoms with Gasteiger partial charge in [0.1, 0.15) is 11.2 Å². The first-order valence-electron chi connectivity index (χ1n) is 6.48. The summed E-state index contributed by atoms with van der Waals surface area (Å²) in [5, 5.41) is 0. The maximum absolute atomic E-state index is 13.2. The molecule has 20 heavy (non-hydrogen) atoms. The first kappa shape index (κ1) is 13.1. The van der Waals surface area contributed by atoms with E-state index in [0.29, 0.717) is 17.8 Å². The molecule has 6 heteroatoms. The third-order valence-corrected chi connectivity index (χ3v) is 4.03. The lowest BCUT2D eigenvalue weighted by molar-refractivity contribution is -0.213. The van der Waals surface area contributed by atoms with Gasteiger partial charge in [0.25, 0.3) is 0 Å². The van der Waals surface area contributed by atoms with Crippen LogP contribution in [0.25, 0.3) is 11.4 Å². The van der Waals surface area contributed by atoms with Crippen LogP contribution in [0.2, 0.25) is 0 Å². The molecule has 0 amide bonds. The quantitative estimate of drug-likeness (QED) is 0.910. The Balaban J connectivity index is 1.96. The minimum Gasteiger partial charge on any atom is -0.341 e. The molecule has 0 saturated heterocycles. The number of halogens is 3. The lowest BCUT2D eigenvalue weighted by Gasteiger charge is -2.42. The van der Waals surface area contributed by atoms with Gasteiger partial charge in [0.15, 0.2) is 0 Å². The van der Waals surface area contributed by atoms with Crippen molar-refractivity contribution in [2.24, 2.45) is 0 Å². The molecule has 2 heterocycles. The Labute approximate surface area is 114 Å². The molecule has 0 spiro atoms. The minimum absolute atomic E-state index is 0.129. The SMILES string of the molecule is Cc1ccc(-c2ncc(C3(C(F)(F)F)CCC3)[nH]2)cn1. The van der Waals surface area contributed by atoms with Crippen LogP contribution in [0.3, 0.4) is 0 Å². The monoisotopic (exact) mass is 281 g/mol. The van der Waals surface area contributed by atoms with Crippen molar-refractivity contribution in [3.63, 3.8) is 0 Å². The Bertz CT molecular complexity index is 609. The molecule has 0 atom stereocenters. The van der Waals surface area contributed by atoms with Gasteiger partial charge < -0.3 is 4.98 Å². The maximum Gasteiger partial charge on any atom is 0.399 e. The zero-order valence-corrected chi connectivity index (χ0v) is 11.0. The molecule has 1 N–H and O–H groups in total. The van der Waals surface area contributed by atoms with Crippen molar-refractivity contribution in [2.45, 2.75) is 37.8 Å². The molecule has 1 aliphatic rings. The Kier molecular flexibility index (Phi) is 2.84. The summed E-state index contributed by atoms with van der Waals surface area (Å²) in [6.45, 7) is 1.85. The number of rotatable bonds is 2. The summed E-state index contributed by atoms with van der Waals surface area (Å²) in [5.74, 6) is 0.433. The Morgan fingerprint density at radius 1 is 1.15 bits per heavy atom. The van der Waals surface area contributed by atoms with Crippen LogP contribution >= 0.6 is 0 Å². The number of hydrogen-bond donors (Lipinski definition) is 1. The van der Waals surface area contributed by atoms with Crippen LogP contribution in [0.4, 0.5) is 13.2 Å². The fourth-order valence-electron chi connectivity index (χ4n) is 2.55. The van der Waals surface area contributed by atoms with Crippen LogP contribution in [0.15, 0.2) is 24.5 Å². The molecule has 3 nitrogen and oxygen atoms in total. The van der Waals surface area contributed by atoms with Crippen molar-refractivity contribution >= 4 is 0 Å². The summed E-state index contributed by atoms with van der Waals surface area (Å²) in [6, 6.07) is 3.60. The van der Waals surface area contributed by atoms with Crippen LogP contribution in [0.1, 0.15) is 30.7 Å². The molecule has 0 unspecified atom stereocenters. The van der Waals surface area contributed by atoms with Gasteiger partial charge >= 0.3 is 6.18 Å². The molecule has 0 bridgehead atoms. The lowest BCUT2D eigenvalue weighted by atomic mass is 9.66. The number of nitrogens with one attached hydrogen (secondary N) is 1. The van der Waals surface area contributed by atoms with Crippen molar-refractivity contribution < 1.29 is 13.2 Å². The average Bonchev–Trinajstić information content (AvgIpc) is 2.76. The zero-order chi connectivity index (χ0) is 14.4. The second kappa shape index (κ2) is 4.33. The summed E-state index contributed by atoms with van der Waals surface area (Å²) in [7, 11) is 0. The third kappa shape index (κ3) is 1.90. The summed E-state index contributed by atoms with van der Waals surface area (Å²) < 4.78 is 39.7. The topological polar surface area (TPSA) is 41.6 Å². The molecule has 106 valence electrons. The molecule has 1 aliphatic carbocycles. The predicted molar refractivity (Wildman–Crippen MR) is 68.1 cm³/mol. The highest BCUT2D eigenvalue weighted by Gasteiger charge is 2.60. The number of hydrogen-bond acceptors (Lipinski definition) is 2. The van der Waals surface area contributed by atoms with E-state index in [4.69, 9.17) is 0 Å². The van der Waals surface area contributed by atoms with E-state index in [0.717, 1.165) is 5.69 Å². The van der Waals surface area contributed by atoms with E-state index in [1.807, 2.05) is 6.92 Å². The van der Waals surface area contributed by atoms with Crippen molar-refractivity contribution in [3.05, 3.63) is 35.9 Å². The van der Waals surface area contributed by atoms with Gasteiger partial charge in [0.2, 0.25) is 0 Å². The van der Waals surface area contributed by atoms with E-state index in [1.165, 1.54) is 6.20 Å². The summed E-state index contributed by atoms with van der Waals surface area (Å²) in [5.41, 5.74) is -0.0345. The first-order valence-corrected chi connectivity index (χ1v) is 6.48. The predicted octanol–water partition coefficient (Wildman–Crippen LogP) is 3.76. The van der Waals surface area contributed by atoms with Crippen LogP contribution in [-0.4, -0.2) is 21.1 Å². The van der Waals surface area contributed by atoms with Crippen LogP contribution in [-0.2, 0) is 5.41 Å². The highest BCUT2D eigenvalue weighted by atomic mass is 19.4. The normalized spacial score (nSPS) is 17.8. The van der Waals surface area contributed by atoms with E-state index in [-0.39, 0.29) is 18.5 Å². The van der Waals surface area contributed by atoms with Gasteiger partial charge in [-0.2, -0.15) is 13.2 Å². The molecule has 3 rings (SSSR count). The van der Waals surface area contributed by atoms with E-state index >= 15 is 0 Å². The number of pyridine rings is 1. The van der Waals surface area contributed by atoms with Crippen LogP contribution in [0.5, 0.6) is 0 Å². The number of aromatic amines is 1. The number of aryl methyl sites for hydroxylation is 1. The molecule has 1 saturated carbocycles. The maximum atomic E-state index is 13.2. The van der Waals surface area contributed by atoms with Gasteiger partial charge in [-0.15, -0.1) is 0 Å². The standard InChI is InChI=1S/C14H14F3N3/c1-9-3-4-10(7-18-9)12-19-8-11(20-12)13(5-2-6-13)14(15,16)17/h3-4,7-8H,2,5-6H2,1H3,(H,19,20). The number of H-pyrrole nitrogens is 1. The zero-order valence-electron chi connectivity index (χ0n) is 11.0. The Morgan fingerprint density at radius 3 is 2.40 bits per heavy atom. The third-order valence-electron chi connectivity index (χ3n) is 4.03. The van der Waals surface area contributed by atoms with Crippen LogP contribution < -0.4 is 0 Å². The highest BCUT2D eigenvalue weighted by Crippen LogP contribution is 2.54. The number of aromatic nitrogens is 3. The number of nitrogens with zero attached hydrogens (tertiary/aromatic N) is 2. The minimum atomic E-state index is -4.24. The van der Waals surface area contributed by atoms with Gasteiger partial charge in [-0.25, -0.2) is 4.98 Å². The molecular weight excluding hydrogens is 267 g/mol. The second-order valence-electron chi connectivity index (χ2n) is 5.27. The molecule has 0 radical (unpaired) electrons. The Morgan fingerprint density at radius 2 is 1.90 bits per heavy atom. The second-order valence-corrected chi connectivity index (χ2v) is 5.27. The van der Waals surface area contributed by atoms with Gasteiger partial charge in [0, 0.05) is 23.7 Å². The first-order chi connectivity index (χ1) is 9.42. The van der Waals surface area contributed by atoms with Gasteiger partial charge in [-0.1, -0.05) is 6.42 Å². The highest BCUT2D eigenvalue weighted by molar-refractivity contribution is 5.54. The molecule has 0 aromatic carbocycles. The van der Waals surface area contributed by atoms with E-state index in [2.05, 4.69) is 15.0 Å². The van der Waals surface area contributed by atoms with E-state index in [1.54, 1.807) is 18.3 Å². The van der Waals surface area contributed by atoms with Gasteiger partial charge in [-0.05, 0) is 31.9 Å². The molecular formula is C14H14F3N3.